The minimum atomic E-state index is -0.997. The first-order valence-corrected chi connectivity index (χ1v) is 7.54. The lowest BCUT2D eigenvalue weighted by Crippen LogP contribution is -2.21. The third kappa shape index (κ3) is 4.19. The normalized spacial score (nSPS) is 11.8. The van der Waals surface area contributed by atoms with Crippen molar-refractivity contribution in [2.45, 2.75) is 33.1 Å². The molecule has 0 aromatic heterocycles. The monoisotopic (exact) mass is 311 g/mol. The number of carbonyl (C=O) groups is 2. The van der Waals surface area contributed by atoms with Gasteiger partial charge in [0.25, 0.3) is 0 Å². The highest BCUT2D eigenvalue weighted by Crippen LogP contribution is 2.24. The Bertz CT molecular complexity index is 700. The van der Waals surface area contributed by atoms with E-state index in [9.17, 15) is 14.7 Å². The van der Waals surface area contributed by atoms with Crippen molar-refractivity contribution in [2.75, 3.05) is 5.32 Å². The summed E-state index contributed by atoms with van der Waals surface area (Å²) in [6.07, 6.45) is -0.0912. The van der Waals surface area contributed by atoms with Crippen molar-refractivity contribution in [2.24, 2.45) is 0 Å². The molecule has 0 unspecified atom stereocenters. The van der Waals surface area contributed by atoms with Gasteiger partial charge in [-0.2, -0.15) is 0 Å². The second kappa shape index (κ2) is 7.09. The second-order valence-corrected chi connectivity index (χ2v) is 5.83. The number of aliphatic carboxylic acids is 1. The molecule has 2 aromatic carbocycles. The summed E-state index contributed by atoms with van der Waals surface area (Å²) in [7, 11) is 0. The van der Waals surface area contributed by atoms with Gasteiger partial charge in [0, 0.05) is 12.1 Å². The van der Waals surface area contributed by atoms with Crippen LogP contribution in [0.3, 0.4) is 0 Å². The first-order chi connectivity index (χ1) is 10.9. The molecule has 0 fully saturated rings. The number of aryl methyl sites for hydroxylation is 3. The van der Waals surface area contributed by atoms with E-state index < -0.39 is 11.9 Å². The SMILES string of the molecule is Cc1cc(C)c(NC(=O)C[C@@H](C(=O)O)c2ccccc2)c(C)c1. The fraction of sp³-hybridized carbons (Fsp3) is 0.263. The van der Waals surface area contributed by atoms with Crippen LogP contribution in [0.15, 0.2) is 42.5 Å². The van der Waals surface area contributed by atoms with Crippen LogP contribution >= 0.6 is 0 Å². The minimum absolute atomic E-state index is 0.0912. The first kappa shape index (κ1) is 16.7. The van der Waals surface area contributed by atoms with Crippen molar-refractivity contribution in [3.63, 3.8) is 0 Å². The van der Waals surface area contributed by atoms with Gasteiger partial charge in [-0.15, -0.1) is 0 Å². The maximum atomic E-state index is 12.3. The van der Waals surface area contributed by atoms with Crippen LogP contribution in [-0.4, -0.2) is 17.0 Å². The van der Waals surface area contributed by atoms with Gasteiger partial charge in [0.05, 0.1) is 5.92 Å². The van der Waals surface area contributed by atoms with E-state index in [0.717, 1.165) is 22.4 Å². The van der Waals surface area contributed by atoms with Crippen molar-refractivity contribution in [3.8, 4) is 0 Å². The lowest BCUT2D eigenvalue weighted by atomic mass is 9.95. The standard InChI is InChI=1S/C19H21NO3/c1-12-9-13(2)18(14(3)10-12)20-17(21)11-16(19(22)23)15-7-5-4-6-8-15/h4-10,16H,11H2,1-3H3,(H,20,21)(H,22,23)/t16-/m1/s1. The van der Waals surface area contributed by atoms with E-state index in [0.29, 0.717) is 5.56 Å². The third-order valence-electron chi connectivity index (χ3n) is 3.83. The van der Waals surface area contributed by atoms with E-state index in [1.54, 1.807) is 24.3 Å². The Labute approximate surface area is 136 Å². The Kier molecular flexibility index (Phi) is 5.16. The van der Waals surface area contributed by atoms with Gasteiger partial charge in [0.2, 0.25) is 5.91 Å². The van der Waals surface area contributed by atoms with Gasteiger partial charge in [-0.25, -0.2) is 0 Å². The fourth-order valence-electron chi connectivity index (χ4n) is 2.79. The number of nitrogens with one attached hydrogen (secondary N) is 1. The first-order valence-electron chi connectivity index (χ1n) is 7.54. The summed E-state index contributed by atoms with van der Waals surface area (Å²) >= 11 is 0. The molecule has 4 heteroatoms. The number of rotatable bonds is 5. The average Bonchev–Trinajstić information content (AvgIpc) is 2.49. The van der Waals surface area contributed by atoms with E-state index in [2.05, 4.69) is 5.32 Å². The molecule has 4 nitrogen and oxygen atoms in total. The number of carboxylic acid groups (broad SMARTS) is 1. The molecule has 0 saturated carbocycles. The Morgan fingerprint density at radius 3 is 2.13 bits per heavy atom. The smallest absolute Gasteiger partial charge is 0.311 e. The average molecular weight is 311 g/mol. The van der Waals surface area contributed by atoms with Crippen molar-refractivity contribution >= 4 is 17.6 Å². The van der Waals surface area contributed by atoms with Crippen LogP contribution in [0.25, 0.3) is 0 Å². The Morgan fingerprint density at radius 1 is 1.04 bits per heavy atom. The van der Waals surface area contributed by atoms with Gasteiger partial charge < -0.3 is 10.4 Å². The second-order valence-electron chi connectivity index (χ2n) is 5.83. The molecule has 2 rings (SSSR count). The molecule has 0 saturated heterocycles. The van der Waals surface area contributed by atoms with E-state index in [4.69, 9.17) is 0 Å². The molecule has 0 radical (unpaired) electrons. The zero-order valence-corrected chi connectivity index (χ0v) is 13.6. The Hall–Kier alpha value is -2.62. The van der Waals surface area contributed by atoms with Crippen LogP contribution in [0.2, 0.25) is 0 Å². The Balaban J connectivity index is 2.16. The van der Waals surface area contributed by atoms with E-state index in [-0.39, 0.29) is 12.3 Å². The summed E-state index contributed by atoms with van der Waals surface area (Å²) in [4.78, 5) is 23.8. The summed E-state index contributed by atoms with van der Waals surface area (Å²) in [5, 5.41) is 12.3. The van der Waals surface area contributed by atoms with E-state index >= 15 is 0 Å². The summed E-state index contributed by atoms with van der Waals surface area (Å²) in [6, 6.07) is 12.8. The molecule has 23 heavy (non-hydrogen) atoms. The molecular weight excluding hydrogens is 290 g/mol. The van der Waals surface area contributed by atoms with Crippen LogP contribution < -0.4 is 5.32 Å². The Morgan fingerprint density at radius 2 is 1.61 bits per heavy atom. The van der Waals surface area contributed by atoms with Gasteiger partial charge in [-0.1, -0.05) is 48.0 Å². The maximum absolute atomic E-state index is 12.3. The van der Waals surface area contributed by atoms with Gasteiger partial charge >= 0.3 is 5.97 Å². The summed E-state index contributed by atoms with van der Waals surface area (Å²) in [6.45, 7) is 5.87. The minimum Gasteiger partial charge on any atom is -0.481 e. The van der Waals surface area contributed by atoms with Crippen LogP contribution in [0.5, 0.6) is 0 Å². The van der Waals surface area contributed by atoms with Gasteiger partial charge in [0.15, 0.2) is 0 Å². The summed E-state index contributed by atoms with van der Waals surface area (Å²) in [5.41, 5.74) is 4.47. The van der Waals surface area contributed by atoms with Crippen LogP contribution in [0.1, 0.15) is 34.6 Å². The van der Waals surface area contributed by atoms with E-state index in [1.807, 2.05) is 39.0 Å². The highest BCUT2D eigenvalue weighted by Gasteiger charge is 2.23. The molecular formula is C19H21NO3. The number of anilines is 1. The number of hydrogen-bond acceptors (Lipinski definition) is 2. The summed E-state index contributed by atoms with van der Waals surface area (Å²) in [5.74, 6) is -2.14. The molecule has 120 valence electrons. The van der Waals surface area contributed by atoms with Gasteiger partial charge in [0.1, 0.15) is 0 Å². The zero-order chi connectivity index (χ0) is 17.0. The lowest BCUT2D eigenvalue weighted by Gasteiger charge is -2.16. The quantitative estimate of drug-likeness (QED) is 0.882. The van der Waals surface area contributed by atoms with Gasteiger partial charge in [-0.3, -0.25) is 9.59 Å². The molecule has 1 amide bonds. The van der Waals surface area contributed by atoms with E-state index in [1.165, 1.54) is 0 Å². The molecule has 1 atom stereocenters. The molecule has 2 N–H and O–H groups in total. The summed E-state index contributed by atoms with van der Waals surface area (Å²) < 4.78 is 0. The molecule has 0 aliphatic carbocycles. The number of hydrogen-bond donors (Lipinski definition) is 2. The topological polar surface area (TPSA) is 66.4 Å². The molecule has 2 aromatic rings. The van der Waals surface area contributed by atoms with Gasteiger partial charge in [-0.05, 0) is 37.5 Å². The lowest BCUT2D eigenvalue weighted by molar-refractivity contribution is -0.140. The van der Waals surface area contributed by atoms with Crippen molar-refractivity contribution in [3.05, 3.63) is 64.7 Å². The number of carboxylic acids is 1. The fourth-order valence-corrected chi connectivity index (χ4v) is 2.79. The molecule has 0 spiro atoms. The number of benzene rings is 2. The van der Waals surface area contributed by atoms with Crippen LogP contribution in [0, 0.1) is 20.8 Å². The van der Waals surface area contributed by atoms with Crippen molar-refractivity contribution in [1.82, 2.24) is 0 Å². The largest absolute Gasteiger partial charge is 0.481 e. The highest BCUT2D eigenvalue weighted by atomic mass is 16.4. The highest BCUT2D eigenvalue weighted by molar-refractivity contribution is 5.95. The van der Waals surface area contributed by atoms with Crippen molar-refractivity contribution < 1.29 is 14.7 Å². The zero-order valence-electron chi connectivity index (χ0n) is 13.6. The molecule has 0 bridgehead atoms. The maximum Gasteiger partial charge on any atom is 0.311 e. The number of amides is 1. The van der Waals surface area contributed by atoms with Crippen LogP contribution in [0.4, 0.5) is 5.69 Å². The van der Waals surface area contributed by atoms with Crippen LogP contribution in [-0.2, 0) is 9.59 Å². The third-order valence-corrected chi connectivity index (χ3v) is 3.83. The molecule has 0 heterocycles. The molecule has 0 aliphatic rings. The molecule has 0 aliphatic heterocycles. The van der Waals surface area contributed by atoms with Crippen molar-refractivity contribution in [1.29, 1.82) is 0 Å². The predicted octanol–water partition coefficient (Wildman–Crippen LogP) is 3.81. The predicted molar refractivity (Wildman–Crippen MR) is 90.7 cm³/mol. The number of carbonyl (C=O) groups excluding carboxylic acids is 1.